The highest BCUT2D eigenvalue weighted by molar-refractivity contribution is 7.92. The molecule has 0 atom stereocenters. The van der Waals surface area contributed by atoms with Crippen LogP contribution in [0.4, 0.5) is 5.69 Å². The van der Waals surface area contributed by atoms with E-state index >= 15 is 0 Å². The van der Waals surface area contributed by atoms with Crippen molar-refractivity contribution >= 4 is 21.6 Å². The van der Waals surface area contributed by atoms with Gasteiger partial charge in [-0.2, -0.15) is 0 Å². The lowest BCUT2D eigenvalue weighted by Crippen LogP contribution is -2.41. The molecule has 1 heterocycles. The van der Waals surface area contributed by atoms with E-state index in [1.807, 2.05) is 38.1 Å². The third-order valence-electron chi connectivity index (χ3n) is 6.69. The van der Waals surface area contributed by atoms with Gasteiger partial charge in [0.05, 0.1) is 17.7 Å². The topological polar surface area (TPSA) is 79.0 Å². The minimum atomic E-state index is -4.04. The molecule has 1 amide bonds. The van der Waals surface area contributed by atoms with Gasteiger partial charge in [0.2, 0.25) is 5.91 Å². The van der Waals surface area contributed by atoms with Crippen LogP contribution in [0.5, 0.6) is 5.75 Å². The average Bonchev–Trinajstić information content (AvgIpc) is 3.40. The van der Waals surface area contributed by atoms with Gasteiger partial charge in [-0.05, 0) is 80.7 Å². The minimum Gasteiger partial charge on any atom is -0.495 e. The van der Waals surface area contributed by atoms with Crippen molar-refractivity contribution in [2.45, 2.75) is 44.7 Å². The minimum absolute atomic E-state index is 0.116. The molecule has 4 rings (SSSR count). The fourth-order valence-corrected chi connectivity index (χ4v) is 6.00. The van der Waals surface area contributed by atoms with Crippen LogP contribution < -0.4 is 14.4 Å². The highest BCUT2D eigenvalue weighted by Crippen LogP contribution is 2.33. The normalized spacial score (nSPS) is 13.9. The van der Waals surface area contributed by atoms with E-state index in [1.165, 1.54) is 25.5 Å². The number of aryl methyl sites for hydroxylation is 2. The van der Waals surface area contributed by atoms with Gasteiger partial charge < -0.3 is 10.1 Å². The van der Waals surface area contributed by atoms with Gasteiger partial charge in [0.15, 0.2) is 0 Å². The molecule has 196 valence electrons. The number of anilines is 1. The maximum atomic E-state index is 13.8. The smallest absolute Gasteiger partial charge is 0.264 e. The predicted octanol–water partition coefficient (Wildman–Crippen LogP) is 4.42. The van der Waals surface area contributed by atoms with Gasteiger partial charge in [0, 0.05) is 13.1 Å². The zero-order valence-electron chi connectivity index (χ0n) is 21.7. The maximum absolute atomic E-state index is 13.8. The quantitative estimate of drug-likeness (QED) is 0.427. The molecular weight excluding hydrogens is 486 g/mol. The summed E-state index contributed by atoms with van der Waals surface area (Å²) in [5, 5.41) is 2.94. The molecule has 3 aromatic rings. The van der Waals surface area contributed by atoms with Gasteiger partial charge in [-0.25, -0.2) is 8.42 Å². The number of amides is 1. The van der Waals surface area contributed by atoms with Gasteiger partial charge in [0.1, 0.15) is 12.3 Å². The fraction of sp³-hybridized carbons (Fsp3) is 0.345. The number of carbonyl (C=O) groups excluding carboxylic acids is 1. The van der Waals surface area contributed by atoms with E-state index in [0.29, 0.717) is 18.0 Å². The van der Waals surface area contributed by atoms with Gasteiger partial charge in [0.25, 0.3) is 10.0 Å². The third-order valence-corrected chi connectivity index (χ3v) is 8.46. The summed E-state index contributed by atoms with van der Waals surface area (Å²) >= 11 is 0. The lowest BCUT2D eigenvalue weighted by Gasteiger charge is -2.26. The predicted molar refractivity (Wildman–Crippen MR) is 146 cm³/mol. The Hall–Kier alpha value is -3.36. The Bertz CT molecular complexity index is 1330. The number of benzene rings is 3. The Balaban J connectivity index is 1.58. The van der Waals surface area contributed by atoms with Crippen LogP contribution in [0.3, 0.4) is 0 Å². The van der Waals surface area contributed by atoms with Crippen LogP contribution >= 0.6 is 0 Å². The van der Waals surface area contributed by atoms with Crippen LogP contribution in [0.2, 0.25) is 0 Å². The van der Waals surface area contributed by atoms with Crippen LogP contribution in [0.1, 0.15) is 35.1 Å². The average molecular weight is 522 g/mol. The Morgan fingerprint density at radius 3 is 2.27 bits per heavy atom. The van der Waals surface area contributed by atoms with E-state index in [0.717, 1.165) is 40.6 Å². The first-order valence-electron chi connectivity index (χ1n) is 12.6. The van der Waals surface area contributed by atoms with Crippen molar-refractivity contribution in [3.8, 4) is 5.75 Å². The van der Waals surface area contributed by atoms with E-state index in [4.69, 9.17) is 4.74 Å². The molecule has 0 spiro atoms. The number of hydrogen-bond donors (Lipinski definition) is 1. The first-order valence-corrected chi connectivity index (χ1v) is 14.0. The molecule has 1 N–H and O–H groups in total. The Labute approximate surface area is 220 Å². The maximum Gasteiger partial charge on any atom is 0.264 e. The molecule has 37 heavy (non-hydrogen) atoms. The SMILES string of the molecule is COc1ccc(C)cc1N(CC(=O)NCc1ccccc1CN1CCCC1)S(=O)(=O)c1ccc(C)cc1. The number of hydrogen-bond acceptors (Lipinski definition) is 5. The molecule has 1 aliphatic heterocycles. The number of nitrogens with zero attached hydrogens (tertiary/aromatic N) is 2. The highest BCUT2D eigenvalue weighted by atomic mass is 32.2. The van der Waals surface area contributed by atoms with E-state index in [-0.39, 0.29) is 11.4 Å². The van der Waals surface area contributed by atoms with Crippen LogP contribution in [0.25, 0.3) is 0 Å². The second-order valence-corrected chi connectivity index (χ2v) is 11.4. The largest absolute Gasteiger partial charge is 0.495 e. The van der Waals surface area contributed by atoms with Crippen LogP contribution in [0.15, 0.2) is 71.6 Å². The van der Waals surface area contributed by atoms with E-state index in [2.05, 4.69) is 16.3 Å². The first-order chi connectivity index (χ1) is 17.8. The van der Waals surface area contributed by atoms with Gasteiger partial charge in [-0.15, -0.1) is 0 Å². The van der Waals surface area contributed by atoms with E-state index in [9.17, 15) is 13.2 Å². The Morgan fingerprint density at radius 1 is 0.946 bits per heavy atom. The number of sulfonamides is 1. The molecule has 3 aromatic carbocycles. The molecule has 0 radical (unpaired) electrons. The summed E-state index contributed by atoms with van der Waals surface area (Å²) in [7, 11) is -2.55. The summed E-state index contributed by atoms with van der Waals surface area (Å²) in [5.41, 5.74) is 4.34. The molecule has 0 aliphatic carbocycles. The number of nitrogens with one attached hydrogen (secondary N) is 1. The molecule has 1 aliphatic rings. The summed E-state index contributed by atoms with van der Waals surface area (Å²) < 4.78 is 34.1. The molecule has 0 saturated carbocycles. The molecular formula is C29H35N3O4S. The van der Waals surface area contributed by atoms with Crippen molar-refractivity contribution in [1.82, 2.24) is 10.2 Å². The Kier molecular flexibility index (Phi) is 8.51. The van der Waals surface area contributed by atoms with Crippen LogP contribution in [-0.2, 0) is 27.9 Å². The second-order valence-electron chi connectivity index (χ2n) is 9.53. The molecule has 0 aromatic heterocycles. The highest BCUT2D eigenvalue weighted by Gasteiger charge is 2.29. The lowest BCUT2D eigenvalue weighted by molar-refractivity contribution is -0.119. The van der Waals surface area contributed by atoms with Crippen molar-refractivity contribution in [2.24, 2.45) is 0 Å². The van der Waals surface area contributed by atoms with Gasteiger partial charge >= 0.3 is 0 Å². The Morgan fingerprint density at radius 2 is 1.59 bits per heavy atom. The van der Waals surface area contributed by atoms with Crippen LogP contribution in [-0.4, -0.2) is 46.0 Å². The van der Waals surface area contributed by atoms with Gasteiger partial charge in [-0.1, -0.05) is 48.0 Å². The summed E-state index contributed by atoms with van der Waals surface area (Å²) in [6.45, 7) is 6.75. The summed E-state index contributed by atoms with van der Waals surface area (Å²) in [4.78, 5) is 15.7. The fourth-order valence-electron chi connectivity index (χ4n) is 4.58. The van der Waals surface area contributed by atoms with Crippen molar-refractivity contribution < 1.29 is 17.9 Å². The summed E-state index contributed by atoms with van der Waals surface area (Å²) in [6.07, 6.45) is 2.43. The second kappa shape index (κ2) is 11.8. The summed E-state index contributed by atoms with van der Waals surface area (Å²) in [5.74, 6) is -0.0136. The number of rotatable bonds is 10. The van der Waals surface area contributed by atoms with E-state index < -0.39 is 15.9 Å². The first kappa shape index (κ1) is 26.7. The van der Waals surface area contributed by atoms with E-state index in [1.54, 1.807) is 36.4 Å². The monoisotopic (exact) mass is 521 g/mol. The molecule has 8 heteroatoms. The summed E-state index contributed by atoms with van der Waals surface area (Å²) in [6, 6.07) is 20.0. The lowest BCUT2D eigenvalue weighted by atomic mass is 10.1. The zero-order valence-corrected chi connectivity index (χ0v) is 22.6. The van der Waals surface area contributed by atoms with Crippen molar-refractivity contribution in [3.63, 3.8) is 0 Å². The number of ether oxygens (including phenoxy) is 1. The number of likely N-dealkylation sites (tertiary alicyclic amines) is 1. The standard InChI is InChI=1S/C29H35N3O4S/c1-22-10-13-26(14-11-22)37(34,35)32(27-18-23(2)12-15-28(27)36-3)21-29(33)30-19-24-8-4-5-9-25(24)20-31-16-6-7-17-31/h4-5,8-15,18H,6-7,16-17,19-21H2,1-3H3,(H,30,33). The van der Waals surface area contributed by atoms with Crippen molar-refractivity contribution in [1.29, 1.82) is 0 Å². The molecule has 0 unspecified atom stereocenters. The molecule has 1 fully saturated rings. The number of methoxy groups -OCH3 is 1. The van der Waals surface area contributed by atoms with Crippen LogP contribution in [0, 0.1) is 13.8 Å². The third kappa shape index (κ3) is 6.50. The number of carbonyl (C=O) groups is 1. The zero-order chi connectivity index (χ0) is 26.4. The van der Waals surface area contributed by atoms with Crippen molar-refractivity contribution in [3.05, 3.63) is 89.0 Å². The molecule has 7 nitrogen and oxygen atoms in total. The molecule has 0 bridgehead atoms. The molecule has 1 saturated heterocycles. The van der Waals surface area contributed by atoms with Gasteiger partial charge in [-0.3, -0.25) is 14.0 Å². The van der Waals surface area contributed by atoms with Crippen molar-refractivity contribution in [2.75, 3.05) is 31.0 Å².